The predicted octanol–water partition coefficient (Wildman–Crippen LogP) is 3.02. The first kappa shape index (κ1) is 14.3. The molecule has 6 nitrogen and oxygen atoms in total. The van der Waals surface area contributed by atoms with Gasteiger partial charge in [-0.05, 0) is 18.6 Å². The molecule has 22 heavy (non-hydrogen) atoms. The largest absolute Gasteiger partial charge is 0.302 e. The van der Waals surface area contributed by atoms with Crippen LogP contribution in [-0.2, 0) is 7.05 Å². The molecule has 112 valence electrons. The topological polar surface area (TPSA) is 75.6 Å². The SMILES string of the molecule is Cc1[nH]nc(NC(=O)c2cc(-c3ccccc3)n(C)n2)c1Cl. The van der Waals surface area contributed by atoms with Gasteiger partial charge in [-0.15, -0.1) is 0 Å². The first-order chi connectivity index (χ1) is 10.6. The Bertz CT molecular complexity index is 822. The molecule has 0 saturated heterocycles. The first-order valence-corrected chi connectivity index (χ1v) is 7.05. The molecule has 7 heteroatoms. The highest BCUT2D eigenvalue weighted by atomic mass is 35.5. The Labute approximate surface area is 132 Å². The molecule has 0 aliphatic rings. The van der Waals surface area contributed by atoms with Crippen molar-refractivity contribution in [2.24, 2.45) is 7.05 Å². The average molecular weight is 316 g/mol. The van der Waals surface area contributed by atoms with Gasteiger partial charge >= 0.3 is 0 Å². The van der Waals surface area contributed by atoms with Crippen LogP contribution in [0.5, 0.6) is 0 Å². The van der Waals surface area contributed by atoms with Crippen LogP contribution in [0.1, 0.15) is 16.2 Å². The van der Waals surface area contributed by atoms with E-state index in [4.69, 9.17) is 11.6 Å². The lowest BCUT2D eigenvalue weighted by molar-refractivity contribution is 0.102. The second kappa shape index (κ2) is 5.65. The normalized spacial score (nSPS) is 10.7. The van der Waals surface area contributed by atoms with Gasteiger partial charge in [0.1, 0.15) is 5.02 Å². The number of aromatic nitrogens is 4. The molecule has 1 amide bonds. The van der Waals surface area contributed by atoms with Crippen molar-refractivity contribution in [3.05, 3.63) is 52.8 Å². The highest BCUT2D eigenvalue weighted by Gasteiger charge is 2.17. The highest BCUT2D eigenvalue weighted by molar-refractivity contribution is 6.34. The van der Waals surface area contributed by atoms with E-state index in [0.29, 0.717) is 22.2 Å². The Morgan fingerprint density at radius 2 is 2.05 bits per heavy atom. The Kier molecular flexibility index (Phi) is 3.68. The van der Waals surface area contributed by atoms with Gasteiger partial charge in [0, 0.05) is 7.05 Å². The van der Waals surface area contributed by atoms with Gasteiger partial charge in [-0.3, -0.25) is 14.6 Å². The zero-order valence-corrected chi connectivity index (χ0v) is 12.8. The second-order valence-corrected chi connectivity index (χ2v) is 5.25. The fourth-order valence-electron chi connectivity index (χ4n) is 2.13. The standard InChI is InChI=1S/C15H14ClN5O/c1-9-13(16)14(19-18-9)17-15(22)11-8-12(21(2)20-11)10-6-4-3-5-7-10/h3-8H,1-2H3,(H2,17,18,19,22). The van der Waals surface area contributed by atoms with Crippen LogP contribution in [0.4, 0.5) is 5.82 Å². The molecule has 0 atom stereocenters. The van der Waals surface area contributed by atoms with E-state index in [1.807, 2.05) is 30.3 Å². The molecule has 3 rings (SSSR count). The number of hydrogen-bond donors (Lipinski definition) is 2. The first-order valence-electron chi connectivity index (χ1n) is 6.67. The molecule has 0 bridgehead atoms. The number of halogens is 1. The van der Waals surface area contributed by atoms with Crippen LogP contribution in [0.15, 0.2) is 36.4 Å². The van der Waals surface area contributed by atoms with Crippen molar-refractivity contribution in [2.75, 3.05) is 5.32 Å². The predicted molar refractivity (Wildman–Crippen MR) is 84.9 cm³/mol. The van der Waals surface area contributed by atoms with Crippen LogP contribution < -0.4 is 5.32 Å². The maximum Gasteiger partial charge on any atom is 0.277 e. The van der Waals surface area contributed by atoms with Crippen molar-refractivity contribution >= 4 is 23.3 Å². The number of amides is 1. The summed E-state index contributed by atoms with van der Waals surface area (Å²) in [7, 11) is 1.80. The number of H-pyrrole nitrogens is 1. The maximum absolute atomic E-state index is 12.3. The Morgan fingerprint density at radius 3 is 2.68 bits per heavy atom. The molecule has 0 unspecified atom stereocenters. The number of carbonyl (C=O) groups is 1. The lowest BCUT2D eigenvalue weighted by atomic mass is 10.1. The number of nitrogens with one attached hydrogen (secondary N) is 2. The fraction of sp³-hybridized carbons (Fsp3) is 0.133. The third-order valence-electron chi connectivity index (χ3n) is 3.29. The summed E-state index contributed by atoms with van der Waals surface area (Å²) in [5, 5.41) is 13.9. The van der Waals surface area contributed by atoms with Gasteiger partial charge in [0.25, 0.3) is 5.91 Å². The van der Waals surface area contributed by atoms with Crippen LogP contribution >= 0.6 is 11.6 Å². The summed E-state index contributed by atoms with van der Waals surface area (Å²) in [6.45, 7) is 1.78. The van der Waals surface area contributed by atoms with E-state index in [1.165, 1.54) is 0 Å². The van der Waals surface area contributed by atoms with Gasteiger partial charge in [-0.1, -0.05) is 41.9 Å². The summed E-state index contributed by atoms with van der Waals surface area (Å²) < 4.78 is 1.67. The van der Waals surface area contributed by atoms with E-state index in [0.717, 1.165) is 11.3 Å². The van der Waals surface area contributed by atoms with Crippen molar-refractivity contribution in [1.29, 1.82) is 0 Å². The highest BCUT2D eigenvalue weighted by Crippen LogP contribution is 2.23. The Balaban J connectivity index is 1.87. The van der Waals surface area contributed by atoms with Crippen LogP contribution in [0.25, 0.3) is 11.3 Å². The van der Waals surface area contributed by atoms with E-state index < -0.39 is 0 Å². The molecule has 1 aromatic carbocycles. The van der Waals surface area contributed by atoms with Gasteiger partial charge in [-0.2, -0.15) is 10.2 Å². The van der Waals surface area contributed by atoms with Gasteiger partial charge in [0.15, 0.2) is 11.5 Å². The van der Waals surface area contributed by atoms with Gasteiger partial charge in [-0.25, -0.2) is 0 Å². The van der Waals surface area contributed by atoms with Crippen molar-refractivity contribution in [3.8, 4) is 11.3 Å². The molecule has 0 aliphatic carbocycles. The number of carbonyl (C=O) groups excluding carboxylic acids is 1. The number of aromatic amines is 1. The molecule has 0 aliphatic heterocycles. The number of aryl methyl sites for hydroxylation is 2. The molecule has 0 fully saturated rings. The summed E-state index contributed by atoms with van der Waals surface area (Å²) in [6, 6.07) is 11.5. The van der Waals surface area contributed by atoms with Crippen LogP contribution in [0.3, 0.4) is 0 Å². The second-order valence-electron chi connectivity index (χ2n) is 4.87. The lowest BCUT2D eigenvalue weighted by Gasteiger charge is -1.99. The van der Waals surface area contributed by atoms with Gasteiger partial charge in [0.05, 0.1) is 11.4 Å². The van der Waals surface area contributed by atoms with E-state index in [9.17, 15) is 4.79 Å². The minimum atomic E-state index is -0.355. The van der Waals surface area contributed by atoms with E-state index in [1.54, 1.807) is 24.7 Å². The summed E-state index contributed by atoms with van der Waals surface area (Å²) in [5.41, 5.74) is 2.85. The minimum Gasteiger partial charge on any atom is -0.302 e. The minimum absolute atomic E-state index is 0.302. The van der Waals surface area contributed by atoms with Crippen LogP contribution in [0, 0.1) is 6.92 Å². The molecule has 2 heterocycles. The number of benzene rings is 1. The third kappa shape index (κ3) is 2.60. The smallest absolute Gasteiger partial charge is 0.277 e. The number of rotatable bonds is 3. The molecule has 2 N–H and O–H groups in total. The fourth-order valence-corrected chi connectivity index (χ4v) is 2.26. The lowest BCUT2D eigenvalue weighted by Crippen LogP contribution is -2.13. The van der Waals surface area contributed by atoms with Crippen molar-refractivity contribution in [3.63, 3.8) is 0 Å². The Hall–Kier alpha value is -2.60. The van der Waals surface area contributed by atoms with E-state index in [-0.39, 0.29) is 5.91 Å². The van der Waals surface area contributed by atoms with Gasteiger partial charge in [0.2, 0.25) is 0 Å². The monoisotopic (exact) mass is 315 g/mol. The van der Waals surface area contributed by atoms with Crippen LogP contribution in [-0.4, -0.2) is 25.9 Å². The Morgan fingerprint density at radius 1 is 1.32 bits per heavy atom. The molecule has 0 spiro atoms. The third-order valence-corrected chi connectivity index (χ3v) is 3.75. The van der Waals surface area contributed by atoms with Crippen molar-refractivity contribution in [2.45, 2.75) is 6.92 Å². The molecular weight excluding hydrogens is 302 g/mol. The van der Waals surface area contributed by atoms with E-state index >= 15 is 0 Å². The van der Waals surface area contributed by atoms with Crippen molar-refractivity contribution < 1.29 is 4.79 Å². The quantitative estimate of drug-likeness (QED) is 0.780. The van der Waals surface area contributed by atoms with Crippen LogP contribution in [0.2, 0.25) is 5.02 Å². The zero-order valence-electron chi connectivity index (χ0n) is 12.1. The maximum atomic E-state index is 12.3. The molecule has 0 saturated carbocycles. The number of anilines is 1. The van der Waals surface area contributed by atoms with E-state index in [2.05, 4.69) is 20.6 Å². The molecule has 2 aromatic heterocycles. The van der Waals surface area contributed by atoms with Crippen molar-refractivity contribution in [1.82, 2.24) is 20.0 Å². The average Bonchev–Trinajstić information content (AvgIpc) is 3.06. The van der Waals surface area contributed by atoms with Gasteiger partial charge < -0.3 is 5.32 Å². The molecule has 0 radical (unpaired) electrons. The number of nitrogens with zero attached hydrogens (tertiary/aromatic N) is 3. The summed E-state index contributed by atoms with van der Waals surface area (Å²) in [5.74, 6) is -0.0535. The number of hydrogen-bond acceptors (Lipinski definition) is 3. The molecule has 3 aromatic rings. The summed E-state index contributed by atoms with van der Waals surface area (Å²) in [4.78, 5) is 12.3. The zero-order chi connectivity index (χ0) is 15.7. The molecular formula is C15H14ClN5O. The summed E-state index contributed by atoms with van der Waals surface area (Å²) >= 11 is 6.04. The summed E-state index contributed by atoms with van der Waals surface area (Å²) in [6.07, 6.45) is 0.